The monoisotopic (exact) mass is 287 g/mol. The molecule has 0 atom stereocenters. The highest BCUT2D eigenvalue weighted by Gasteiger charge is 2.31. The van der Waals surface area contributed by atoms with Crippen molar-refractivity contribution in [1.29, 1.82) is 0 Å². The largest absolute Gasteiger partial charge is 0.321 e. The number of nitrogens with zero attached hydrogens (tertiary/aromatic N) is 2. The van der Waals surface area contributed by atoms with Gasteiger partial charge in [0.15, 0.2) is 0 Å². The molecule has 2 fully saturated rings. The summed E-state index contributed by atoms with van der Waals surface area (Å²) < 4.78 is 0. The van der Waals surface area contributed by atoms with Crippen molar-refractivity contribution < 1.29 is 0 Å². The van der Waals surface area contributed by atoms with E-state index in [2.05, 4.69) is 41.1 Å². The van der Waals surface area contributed by atoms with E-state index in [1.165, 1.54) is 56.6 Å². The summed E-state index contributed by atoms with van der Waals surface area (Å²) in [4.78, 5) is 4.99. The van der Waals surface area contributed by atoms with Crippen LogP contribution in [0.25, 0.3) is 0 Å². The minimum atomic E-state index is -0.0819. The van der Waals surface area contributed by atoms with Gasteiger partial charge in [0, 0.05) is 38.3 Å². The Morgan fingerprint density at radius 2 is 1.67 bits per heavy atom. The van der Waals surface area contributed by atoms with Crippen molar-refractivity contribution in [3.05, 3.63) is 35.4 Å². The van der Waals surface area contributed by atoms with Crippen LogP contribution in [-0.4, -0.2) is 43.0 Å². The second-order valence-corrected chi connectivity index (χ2v) is 6.95. The van der Waals surface area contributed by atoms with E-state index in [9.17, 15) is 0 Å². The van der Waals surface area contributed by atoms with Gasteiger partial charge in [-0.1, -0.05) is 43.5 Å². The Balaban J connectivity index is 1.76. The number of hydrogen-bond donors (Lipinski definition) is 1. The van der Waals surface area contributed by atoms with Crippen LogP contribution in [0.3, 0.4) is 0 Å². The zero-order valence-corrected chi connectivity index (χ0v) is 13.4. The fraction of sp³-hybridized carbons (Fsp3) is 0.667. The summed E-state index contributed by atoms with van der Waals surface area (Å²) in [7, 11) is 2.21. The number of rotatable bonds is 3. The number of hydrogen-bond acceptors (Lipinski definition) is 3. The van der Waals surface area contributed by atoms with Crippen LogP contribution in [0.4, 0.5) is 0 Å². The zero-order valence-electron chi connectivity index (χ0n) is 13.4. The van der Waals surface area contributed by atoms with Crippen LogP contribution in [0.15, 0.2) is 24.3 Å². The van der Waals surface area contributed by atoms with Crippen molar-refractivity contribution in [1.82, 2.24) is 9.80 Å². The number of benzene rings is 1. The molecule has 1 aromatic carbocycles. The van der Waals surface area contributed by atoms with Crippen molar-refractivity contribution >= 4 is 0 Å². The van der Waals surface area contributed by atoms with E-state index in [4.69, 9.17) is 5.73 Å². The predicted molar refractivity (Wildman–Crippen MR) is 88.2 cm³/mol. The Kier molecular flexibility index (Phi) is 4.63. The van der Waals surface area contributed by atoms with Gasteiger partial charge in [-0.15, -0.1) is 0 Å². The first kappa shape index (κ1) is 15.0. The normalized spacial score (nSPS) is 24.1. The quantitative estimate of drug-likeness (QED) is 0.927. The average Bonchev–Trinajstić information content (AvgIpc) is 2.51. The lowest BCUT2D eigenvalue weighted by Crippen LogP contribution is -2.45. The van der Waals surface area contributed by atoms with Crippen molar-refractivity contribution in [2.75, 3.05) is 33.2 Å². The maximum absolute atomic E-state index is 6.78. The van der Waals surface area contributed by atoms with Crippen molar-refractivity contribution in [3.8, 4) is 0 Å². The summed E-state index contributed by atoms with van der Waals surface area (Å²) in [5.41, 5.74) is 9.56. The van der Waals surface area contributed by atoms with Crippen LogP contribution in [0.5, 0.6) is 0 Å². The fourth-order valence-corrected chi connectivity index (χ4v) is 3.84. The molecule has 1 heterocycles. The molecule has 1 aromatic rings. The smallest absolute Gasteiger partial charge is 0.0412 e. The highest BCUT2D eigenvalue weighted by atomic mass is 15.2. The topological polar surface area (TPSA) is 32.5 Å². The second kappa shape index (κ2) is 6.47. The molecule has 1 saturated heterocycles. The number of piperazine rings is 1. The maximum Gasteiger partial charge on any atom is 0.0412 e. The van der Waals surface area contributed by atoms with Gasteiger partial charge in [-0.05, 0) is 31.0 Å². The second-order valence-electron chi connectivity index (χ2n) is 6.95. The molecule has 3 heteroatoms. The van der Waals surface area contributed by atoms with Gasteiger partial charge in [-0.25, -0.2) is 0 Å². The molecule has 1 aliphatic heterocycles. The third kappa shape index (κ3) is 3.47. The Hall–Kier alpha value is -0.900. The molecule has 21 heavy (non-hydrogen) atoms. The van der Waals surface area contributed by atoms with Gasteiger partial charge in [0.2, 0.25) is 0 Å². The van der Waals surface area contributed by atoms with E-state index in [0.717, 1.165) is 19.4 Å². The lowest BCUT2D eigenvalue weighted by molar-refractivity contribution is 0.147. The van der Waals surface area contributed by atoms with E-state index in [0.29, 0.717) is 0 Å². The molecular weight excluding hydrogens is 258 g/mol. The third-order valence-corrected chi connectivity index (χ3v) is 5.29. The van der Waals surface area contributed by atoms with Crippen molar-refractivity contribution in [3.63, 3.8) is 0 Å². The minimum absolute atomic E-state index is 0.0819. The summed E-state index contributed by atoms with van der Waals surface area (Å²) in [6.45, 7) is 5.75. The highest BCUT2D eigenvalue weighted by Crippen LogP contribution is 2.36. The van der Waals surface area contributed by atoms with E-state index in [1.807, 2.05) is 0 Å². The molecule has 0 amide bonds. The molecule has 1 saturated carbocycles. The third-order valence-electron chi connectivity index (χ3n) is 5.29. The summed E-state index contributed by atoms with van der Waals surface area (Å²) in [5, 5.41) is 0. The zero-order chi connectivity index (χ0) is 14.7. The van der Waals surface area contributed by atoms with E-state index in [1.54, 1.807) is 0 Å². The van der Waals surface area contributed by atoms with Crippen molar-refractivity contribution in [2.24, 2.45) is 5.73 Å². The number of nitrogens with two attached hydrogens (primary N) is 1. The first-order valence-corrected chi connectivity index (χ1v) is 8.46. The molecule has 0 unspecified atom stereocenters. The summed E-state index contributed by atoms with van der Waals surface area (Å²) >= 11 is 0. The Bertz CT molecular complexity index is 457. The highest BCUT2D eigenvalue weighted by molar-refractivity contribution is 5.34. The molecule has 0 bridgehead atoms. The Labute approximate surface area is 129 Å². The summed E-state index contributed by atoms with van der Waals surface area (Å²) in [6.07, 6.45) is 6.19. The van der Waals surface area contributed by atoms with Crippen LogP contribution in [0.2, 0.25) is 0 Å². The predicted octanol–water partition coefficient (Wildman–Crippen LogP) is 2.55. The molecule has 3 rings (SSSR count). The molecule has 0 radical (unpaired) electrons. The molecule has 1 aliphatic carbocycles. The van der Waals surface area contributed by atoms with Gasteiger partial charge in [0.05, 0.1) is 0 Å². The Morgan fingerprint density at radius 1 is 1.00 bits per heavy atom. The van der Waals surface area contributed by atoms with Crippen LogP contribution in [0, 0.1) is 0 Å². The van der Waals surface area contributed by atoms with Crippen LogP contribution < -0.4 is 5.73 Å². The molecular formula is C18H29N3. The van der Waals surface area contributed by atoms with E-state index >= 15 is 0 Å². The molecule has 2 N–H and O–H groups in total. The first-order valence-electron chi connectivity index (χ1n) is 8.46. The SMILES string of the molecule is CN1CCN(Cc2ccccc2C2(N)CCCCC2)CC1. The molecule has 0 aromatic heterocycles. The minimum Gasteiger partial charge on any atom is -0.321 e. The van der Waals surface area contributed by atoms with Gasteiger partial charge in [-0.3, -0.25) is 4.90 Å². The van der Waals surface area contributed by atoms with Crippen molar-refractivity contribution in [2.45, 2.75) is 44.2 Å². The van der Waals surface area contributed by atoms with Gasteiger partial charge in [0.25, 0.3) is 0 Å². The Morgan fingerprint density at radius 3 is 2.38 bits per heavy atom. The van der Waals surface area contributed by atoms with Gasteiger partial charge in [-0.2, -0.15) is 0 Å². The first-order chi connectivity index (χ1) is 10.2. The lowest BCUT2D eigenvalue weighted by Gasteiger charge is -2.37. The van der Waals surface area contributed by atoms with E-state index in [-0.39, 0.29) is 5.54 Å². The van der Waals surface area contributed by atoms with E-state index < -0.39 is 0 Å². The molecule has 0 spiro atoms. The maximum atomic E-state index is 6.78. The summed E-state index contributed by atoms with van der Waals surface area (Å²) in [6, 6.07) is 8.89. The fourth-order valence-electron chi connectivity index (χ4n) is 3.84. The van der Waals surface area contributed by atoms with Crippen LogP contribution in [0.1, 0.15) is 43.2 Å². The molecule has 3 nitrogen and oxygen atoms in total. The average molecular weight is 287 g/mol. The van der Waals surface area contributed by atoms with Gasteiger partial charge >= 0.3 is 0 Å². The van der Waals surface area contributed by atoms with Gasteiger partial charge in [0.1, 0.15) is 0 Å². The molecule has 116 valence electrons. The van der Waals surface area contributed by atoms with Crippen LogP contribution >= 0.6 is 0 Å². The van der Waals surface area contributed by atoms with Crippen LogP contribution in [-0.2, 0) is 12.1 Å². The standard InChI is InChI=1S/C18H29N3/c1-20-11-13-21(14-12-20)15-16-7-3-4-8-17(16)18(19)9-5-2-6-10-18/h3-4,7-8H,2,5-6,9-15,19H2,1H3. The lowest BCUT2D eigenvalue weighted by atomic mass is 9.76. The summed E-state index contributed by atoms with van der Waals surface area (Å²) in [5.74, 6) is 0. The van der Waals surface area contributed by atoms with Gasteiger partial charge < -0.3 is 10.6 Å². The number of likely N-dealkylation sites (N-methyl/N-ethyl adjacent to an activating group) is 1. The molecule has 2 aliphatic rings.